The molecule has 0 unspecified atom stereocenters. The van der Waals surface area contributed by atoms with Crippen LogP contribution in [0, 0.1) is 0 Å². The molecule has 0 aliphatic carbocycles. The van der Waals surface area contributed by atoms with Crippen molar-refractivity contribution in [3.05, 3.63) is 52.0 Å². The van der Waals surface area contributed by atoms with Crippen molar-refractivity contribution >= 4 is 39.1 Å². The standard InChI is InChI=1S/C20H20Cl2N2O5S/c21-15-2-1-3-18(20(15)22)30(26,27)24-10-8-23(9-11-24)19(25)7-5-14-4-6-16-17(12-14)29-13-28-16/h1-4,6,12H,5,7-11,13H2. The second kappa shape index (κ2) is 8.63. The van der Waals surface area contributed by atoms with E-state index in [4.69, 9.17) is 32.7 Å². The first kappa shape index (κ1) is 21.2. The van der Waals surface area contributed by atoms with Crippen molar-refractivity contribution in [2.24, 2.45) is 0 Å². The van der Waals surface area contributed by atoms with Crippen LogP contribution in [0.15, 0.2) is 41.3 Å². The monoisotopic (exact) mass is 470 g/mol. The first-order chi connectivity index (χ1) is 14.4. The van der Waals surface area contributed by atoms with Crippen molar-refractivity contribution in [1.29, 1.82) is 0 Å². The van der Waals surface area contributed by atoms with E-state index >= 15 is 0 Å². The highest BCUT2D eigenvalue weighted by molar-refractivity contribution is 7.89. The zero-order chi connectivity index (χ0) is 21.3. The Hall–Kier alpha value is -2.00. The van der Waals surface area contributed by atoms with Gasteiger partial charge in [-0.1, -0.05) is 35.3 Å². The third kappa shape index (κ3) is 4.23. The number of hydrogen-bond donors (Lipinski definition) is 0. The van der Waals surface area contributed by atoms with Gasteiger partial charge in [0.1, 0.15) is 4.90 Å². The normalized spacial score (nSPS) is 16.7. The smallest absolute Gasteiger partial charge is 0.244 e. The Kier molecular flexibility index (Phi) is 6.11. The highest BCUT2D eigenvalue weighted by Gasteiger charge is 2.31. The summed E-state index contributed by atoms with van der Waals surface area (Å²) in [6, 6.07) is 10.2. The number of hydrogen-bond acceptors (Lipinski definition) is 5. The van der Waals surface area contributed by atoms with Crippen LogP contribution in [0.25, 0.3) is 0 Å². The van der Waals surface area contributed by atoms with Gasteiger partial charge in [0.15, 0.2) is 11.5 Å². The lowest BCUT2D eigenvalue weighted by atomic mass is 10.1. The second-order valence-corrected chi connectivity index (χ2v) is 9.72. The zero-order valence-corrected chi connectivity index (χ0v) is 18.3. The largest absolute Gasteiger partial charge is 0.454 e. The first-order valence-corrected chi connectivity index (χ1v) is 11.7. The Balaban J connectivity index is 1.33. The topological polar surface area (TPSA) is 76.2 Å². The third-order valence-corrected chi connectivity index (χ3v) is 8.06. The summed E-state index contributed by atoms with van der Waals surface area (Å²) in [5.41, 5.74) is 0.990. The zero-order valence-electron chi connectivity index (χ0n) is 16.0. The Bertz CT molecular complexity index is 1070. The number of carbonyl (C=O) groups is 1. The van der Waals surface area contributed by atoms with Crippen LogP contribution in [0.1, 0.15) is 12.0 Å². The van der Waals surface area contributed by atoms with Crippen molar-refractivity contribution in [2.75, 3.05) is 33.0 Å². The minimum Gasteiger partial charge on any atom is -0.454 e. The van der Waals surface area contributed by atoms with Crippen molar-refractivity contribution in [1.82, 2.24) is 9.21 Å². The number of nitrogens with zero attached hydrogens (tertiary/aromatic N) is 2. The average molecular weight is 471 g/mol. The Morgan fingerprint density at radius 3 is 2.50 bits per heavy atom. The van der Waals surface area contributed by atoms with E-state index in [2.05, 4.69) is 0 Å². The summed E-state index contributed by atoms with van der Waals surface area (Å²) in [6.45, 7) is 1.29. The number of piperazine rings is 1. The van der Waals surface area contributed by atoms with Gasteiger partial charge in [-0.2, -0.15) is 4.31 Å². The van der Waals surface area contributed by atoms with Gasteiger partial charge in [-0.05, 0) is 36.2 Å². The van der Waals surface area contributed by atoms with Crippen LogP contribution in [0.4, 0.5) is 0 Å². The summed E-state index contributed by atoms with van der Waals surface area (Å²) in [4.78, 5) is 14.3. The number of rotatable bonds is 5. The number of amides is 1. The number of benzene rings is 2. The SMILES string of the molecule is O=C(CCc1ccc2c(c1)OCO2)N1CCN(S(=O)(=O)c2cccc(Cl)c2Cl)CC1. The highest BCUT2D eigenvalue weighted by atomic mass is 35.5. The van der Waals surface area contributed by atoms with Gasteiger partial charge in [-0.3, -0.25) is 4.79 Å². The molecule has 1 amide bonds. The number of fused-ring (bicyclic) bond motifs is 1. The van der Waals surface area contributed by atoms with E-state index in [-0.39, 0.29) is 40.7 Å². The predicted octanol–water partition coefficient (Wildman–Crippen LogP) is 3.19. The van der Waals surface area contributed by atoms with Crippen LogP contribution >= 0.6 is 23.2 Å². The van der Waals surface area contributed by atoms with Crippen LogP contribution in [-0.2, 0) is 21.2 Å². The van der Waals surface area contributed by atoms with Crippen molar-refractivity contribution in [3.63, 3.8) is 0 Å². The predicted molar refractivity (Wildman–Crippen MR) is 113 cm³/mol. The summed E-state index contributed by atoms with van der Waals surface area (Å²) < 4.78 is 37.8. The molecule has 2 heterocycles. The number of halogens is 2. The van der Waals surface area contributed by atoms with Crippen LogP contribution in [0.2, 0.25) is 10.0 Å². The van der Waals surface area contributed by atoms with E-state index in [1.807, 2.05) is 18.2 Å². The maximum absolute atomic E-state index is 12.9. The molecule has 0 aromatic heterocycles. The third-order valence-electron chi connectivity index (χ3n) is 5.19. The van der Waals surface area contributed by atoms with Crippen LogP contribution in [0.3, 0.4) is 0 Å². The number of carbonyl (C=O) groups excluding carboxylic acids is 1. The second-order valence-electron chi connectivity index (χ2n) is 7.02. The molecule has 10 heteroatoms. The van der Waals surface area contributed by atoms with E-state index in [0.717, 1.165) is 5.56 Å². The summed E-state index contributed by atoms with van der Waals surface area (Å²) in [7, 11) is -3.77. The molecule has 2 aromatic carbocycles. The van der Waals surface area contributed by atoms with Gasteiger partial charge in [0, 0.05) is 32.6 Å². The minimum absolute atomic E-state index is 0.00879. The quantitative estimate of drug-likeness (QED) is 0.670. The summed E-state index contributed by atoms with van der Waals surface area (Å²) >= 11 is 12.0. The Morgan fingerprint density at radius 1 is 1.00 bits per heavy atom. The fourth-order valence-corrected chi connectivity index (χ4v) is 5.66. The van der Waals surface area contributed by atoms with Crippen LogP contribution in [0.5, 0.6) is 11.5 Å². The molecule has 1 fully saturated rings. The molecule has 0 saturated carbocycles. The maximum atomic E-state index is 12.9. The lowest BCUT2D eigenvalue weighted by Gasteiger charge is -2.34. The molecule has 2 aliphatic rings. The van der Waals surface area contributed by atoms with Crippen molar-refractivity contribution in [3.8, 4) is 11.5 Å². The van der Waals surface area contributed by atoms with Gasteiger partial charge >= 0.3 is 0 Å². The Morgan fingerprint density at radius 2 is 1.73 bits per heavy atom. The molecule has 0 N–H and O–H groups in total. The Labute approximate surface area is 185 Å². The molecule has 7 nitrogen and oxygen atoms in total. The molecule has 0 spiro atoms. The van der Waals surface area contributed by atoms with Gasteiger partial charge in [0.25, 0.3) is 0 Å². The van der Waals surface area contributed by atoms with Crippen LogP contribution < -0.4 is 9.47 Å². The molecular weight excluding hydrogens is 451 g/mol. The lowest BCUT2D eigenvalue weighted by molar-refractivity contribution is -0.132. The molecule has 160 valence electrons. The van der Waals surface area contributed by atoms with E-state index in [1.54, 1.807) is 17.0 Å². The van der Waals surface area contributed by atoms with Crippen LogP contribution in [-0.4, -0.2) is 56.5 Å². The minimum atomic E-state index is -3.77. The summed E-state index contributed by atoms with van der Waals surface area (Å²) in [6.07, 6.45) is 0.915. The van der Waals surface area contributed by atoms with E-state index in [1.165, 1.54) is 10.4 Å². The average Bonchev–Trinajstić information content (AvgIpc) is 3.22. The van der Waals surface area contributed by atoms with E-state index in [9.17, 15) is 13.2 Å². The fraction of sp³-hybridized carbons (Fsp3) is 0.350. The maximum Gasteiger partial charge on any atom is 0.244 e. The molecule has 4 rings (SSSR count). The van der Waals surface area contributed by atoms with Gasteiger partial charge in [-0.25, -0.2) is 8.42 Å². The molecule has 2 aliphatic heterocycles. The molecule has 2 aromatic rings. The van der Waals surface area contributed by atoms with Gasteiger partial charge < -0.3 is 14.4 Å². The van der Waals surface area contributed by atoms with E-state index < -0.39 is 10.0 Å². The fourth-order valence-electron chi connectivity index (χ4n) is 3.51. The van der Waals surface area contributed by atoms with Crippen molar-refractivity contribution < 1.29 is 22.7 Å². The molecule has 30 heavy (non-hydrogen) atoms. The first-order valence-electron chi connectivity index (χ1n) is 9.47. The molecule has 0 atom stereocenters. The number of aryl methyl sites for hydroxylation is 1. The summed E-state index contributed by atoms with van der Waals surface area (Å²) in [5, 5.41) is 0.205. The van der Waals surface area contributed by atoms with E-state index in [0.29, 0.717) is 37.4 Å². The summed E-state index contributed by atoms with van der Waals surface area (Å²) in [5.74, 6) is 1.39. The molecular formula is C20H20Cl2N2O5S. The number of sulfonamides is 1. The molecule has 1 saturated heterocycles. The van der Waals surface area contributed by atoms with Gasteiger partial charge in [0.05, 0.1) is 10.0 Å². The van der Waals surface area contributed by atoms with Crippen molar-refractivity contribution in [2.45, 2.75) is 17.7 Å². The molecule has 0 bridgehead atoms. The number of ether oxygens (including phenoxy) is 2. The van der Waals surface area contributed by atoms with Gasteiger partial charge in [-0.15, -0.1) is 0 Å². The molecule has 0 radical (unpaired) electrons. The highest BCUT2D eigenvalue weighted by Crippen LogP contribution is 2.33. The lowest BCUT2D eigenvalue weighted by Crippen LogP contribution is -2.50. The van der Waals surface area contributed by atoms with Gasteiger partial charge in [0.2, 0.25) is 22.7 Å².